The molecule has 0 aliphatic carbocycles. The molecule has 25 heavy (non-hydrogen) atoms. The number of hydrogen-bond donors (Lipinski definition) is 1. The molecule has 2 amide bonds. The summed E-state index contributed by atoms with van der Waals surface area (Å²) in [6.07, 6.45) is 1.67. The predicted octanol–water partition coefficient (Wildman–Crippen LogP) is 2.16. The molecule has 0 spiro atoms. The van der Waals surface area contributed by atoms with Gasteiger partial charge in [0.25, 0.3) is 11.8 Å². The molecule has 1 aromatic carbocycles. The van der Waals surface area contributed by atoms with E-state index < -0.39 is 5.91 Å². The molecule has 1 aliphatic heterocycles. The molecule has 130 valence electrons. The number of para-hydroxylation sites is 1. The van der Waals surface area contributed by atoms with Crippen molar-refractivity contribution in [2.45, 2.75) is 26.7 Å². The van der Waals surface area contributed by atoms with Crippen molar-refractivity contribution < 1.29 is 14.3 Å². The molecule has 2 N–H and O–H groups in total. The van der Waals surface area contributed by atoms with Crippen LogP contribution in [0.4, 0.5) is 5.82 Å². The standard InChI is InChI=1S/C19H21N3O3/c1-12-5-3-6-13(2)17(12)25-11-16(23)22-10-4-7-14-8-9-15(18(20)24)21-19(14)22/h3,5-6,8-9H,4,7,10-11H2,1-2H3,(H2,20,24). The Kier molecular flexibility index (Phi) is 4.70. The first kappa shape index (κ1) is 17.0. The van der Waals surface area contributed by atoms with Crippen molar-refractivity contribution in [3.63, 3.8) is 0 Å². The first-order valence-corrected chi connectivity index (χ1v) is 8.26. The molecule has 1 aromatic heterocycles. The van der Waals surface area contributed by atoms with Gasteiger partial charge in [-0.05, 0) is 49.4 Å². The molecule has 0 fully saturated rings. The normalized spacial score (nSPS) is 13.3. The quantitative estimate of drug-likeness (QED) is 0.925. The van der Waals surface area contributed by atoms with Gasteiger partial charge in [0.1, 0.15) is 17.3 Å². The van der Waals surface area contributed by atoms with Crippen LogP contribution in [-0.4, -0.2) is 29.9 Å². The lowest BCUT2D eigenvalue weighted by Crippen LogP contribution is -2.39. The predicted molar refractivity (Wildman–Crippen MR) is 94.8 cm³/mol. The van der Waals surface area contributed by atoms with E-state index >= 15 is 0 Å². The summed E-state index contributed by atoms with van der Waals surface area (Å²) in [7, 11) is 0. The third-order valence-electron chi connectivity index (χ3n) is 4.34. The number of nitrogens with two attached hydrogens (primary N) is 1. The monoisotopic (exact) mass is 339 g/mol. The van der Waals surface area contributed by atoms with Crippen molar-refractivity contribution in [1.29, 1.82) is 0 Å². The highest BCUT2D eigenvalue weighted by Crippen LogP contribution is 2.26. The Hall–Kier alpha value is -2.89. The number of hydrogen-bond acceptors (Lipinski definition) is 4. The molecule has 0 atom stereocenters. The highest BCUT2D eigenvalue weighted by molar-refractivity contribution is 5.96. The number of anilines is 1. The molecule has 0 saturated carbocycles. The molecular weight excluding hydrogens is 318 g/mol. The van der Waals surface area contributed by atoms with Crippen molar-refractivity contribution in [1.82, 2.24) is 4.98 Å². The minimum absolute atomic E-state index is 0.0758. The Morgan fingerprint density at radius 3 is 2.60 bits per heavy atom. The maximum absolute atomic E-state index is 12.7. The van der Waals surface area contributed by atoms with Gasteiger partial charge in [0.2, 0.25) is 0 Å². The highest BCUT2D eigenvalue weighted by Gasteiger charge is 2.25. The van der Waals surface area contributed by atoms with Crippen LogP contribution >= 0.6 is 0 Å². The zero-order valence-corrected chi connectivity index (χ0v) is 14.4. The fourth-order valence-corrected chi connectivity index (χ4v) is 3.06. The number of carbonyl (C=O) groups is 2. The highest BCUT2D eigenvalue weighted by atomic mass is 16.5. The maximum Gasteiger partial charge on any atom is 0.267 e. The maximum atomic E-state index is 12.7. The summed E-state index contributed by atoms with van der Waals surface area (Å²) in [4.78, 5) is 29.9. The molecule has 0 unspecified atom stereocenters. The van der Waals surface area contributed by atoms with Crippen LogP contribution in [0.2, 0.25) is 0 Å². The fraction of sp³-hybridized carbons (Fsp3) is 0.316. The van der Waals surface area contributed by atoms with Crippen LogP contribution in [0, 0.1) is 13.8 Å². The number of amides is 2. The minimum atomic E-state index is -0.604. The fourth-order valence-electron chi connectivity index (χ4n) is 3.06. The van der Waals surface area contributed by atoms with Crippen molar-refractivity contribution >= 4 is 17.6 Å². The number of primary amides is 1. The minimum Gasteiger partial charge on any atom is -0.483 e. The summed E-state index contributed by atoms with van der Waals surface area (Å²) in [5.74, 6) is 0.454. The van der Waals surface area contributed by atoms with Gasteiger partial charge in [-0.1, -0.05) is 24.3 Å². The number of rotatable bonds is 4. The number of nitrogens with zero attached hydrogens (tertiary/aromatic N) is 2. The summed E-state index contributed by atoms with van der Waals surface area (Å²) in [5, 5.41) is 0. The zero-order chi connectivity index (χ0) is 18.0. The van der Waals surface area contributed by atoms with Gasteiger partial charge >= 0.3 is 0 Å². The van der Waals surface area contributed by atoms with Gasteiger partial charge < -0.3 is 10.5 Å². The van der Waals surface area contributed by atoms with Gasteiger partial charge in [0.05, 0.1) is 0 Å². The number of carbonyl (C=O) groups excluding carboxylic acids is 2. The van der Waals surface area contributed by atoms with Crippen molar-refractivity contribution in [3.8, 4) is 5.75 Å². The number of benzene rings is 1. The topological polar surface area (TPSA) is 85.5 Å². The summed E-state index contributed by atoms with van der Waals surface area (Å²) < 4.78 is 5.76. The molecule has 1 aliphatic rings. The second-order valence-corrected chi connectivity index (χ2v) is 6.20. The number of ether oxygens (including phenoxy) is 1. The molecule has 6 heteroatoms. The first-order valence-electron chi connectivity index (χ1n) is 8.26. The Morgan fingerprint density at radius 2 is 1.92 bits per heavy atom. The van der Waals surface area contributed by atoms with Crippen LogP contribution in [0.3, 0.4) is 0 Å². The SMILES string of the molecule is Cc1cccc(C)c1OCC(=O)N1CCCc2ccc(C(N)=O)nc21. The van der Waals surface area contributed by atoms with Gasteiger partial charge in [0, 0.05) is 6.54 Å². The molecule has 3 rings (SSSR count). The lowest BCUT2D eigenvalue weighted by Gasteiger charge is -2.28. The van der Waals surface area contributed by atoms with E-state index in [1.54, 1.807) is 11.0 Å². The second-order valence-electron chi connectivity index (χ2n) is 6.20. The largest absolute Gasteiger partial charge is 0.483 e. The molecule has 2 heterocycles. The smallest absolute Gasteiger partial charge is 0.267 e. The van der Waals surface area contributed by atoms with Gasteiger partial charge in [-0.2, -0.15) is 0 Å². The van der Waals surface area contributed by atoms with Gasteiger partial charge in [-0.3, -0.25) is 14.5 Å². The Bertz CT molecular complexity index is 812. The van der Waals surface area contributed by atoms with Gasteiger partial charge in [-0.15, -0.1) is 0 Å². The van der Waals surface area contributed by atoms with Gasteiger partial charge in [-0.25, -0.2) is 4.98 Å². The van der Waals surface area contributed by atoms with Crippen LogP contribution < -0.4 is 15.4 Å². The summed E-state index contributed by atoms with van der Waals surface area (Å²) in [6.45, 7) is 4.37. The number of pyridine rings is 1. The van der Waals surface area contributed by atoms with Crippen LogP contribution in [0.25, 0.3) is 0 Å². The van der Waals surface area contributed by atoms with E-state index in [9.17, 15) is 9.59 Å². The summed E-state index contributed by atoms with van der Waals surface area (Å²) in [5.41, 5.74) is 8.38. The number of fused-ring (bicyclic) bond motifs is 1. The molecule has 0 bridgehead atoms. The van der Waals surface area contributed by atoms with Gasteiger partial charge in [0.15, 0.2) is 6.61 Å². The molecular formula is C19H21N3O3. The van der Waals surface area contributed by atoms with E-state index in [1.807, 2.05) is 38.1 Å². The Balaban J connectivity index is 1.80. The molecule has 6 nitrogen and oxygen atoms in total. The van der Waals surface area contributed by atoms with E-state index in [1.165, 1.54) is 0 Å². The average molecular weight is 339 g/mol. The van der Waals surface area contributed by atoms with E-state index in [0.717, 1.165) is 35.3 Å². The lowest BCUT2D eigenvalue weighted by molar-refractivity contribution is -0.120. The van der Waals surface area contributed by atoms with E-state index in [2.05, 4.69) is 4.98 Å². The van der Waals surface area contributed by atoms with Crippen LogP contribution in [0.1, 0.15) is 33.6 Å². The van der Waals surface area contributed by atoms with E-state index in [4.69, 9.17) is 10.5 Å². The third-order valence-corrected chi connectivity index (χ3v) is 4.34. The van der Waals surface area contributed by atoms with E-state index in [0.29, 0.717) is 12.4 Å². The Labute approximate surface area is 146 Å². The zero-order valence-electron chi connectivity index (χ0n) is 14.4. The van der Waals surface area contributed by atoms with Crippen molar-refractivity contribution in [2.24, 2.45) is 5.73 Å². The third kappa shape index (κ3) is 3.47. The van der Waals surface area contributed by atoms with E-state index in [-0.39, 0.29) is 18.2 Å². The first-order chi connectivity index (χ1) is 12.0. The molecule has 0 saturated heterocycles. The number of aryl methyl sites for hydroxylation is 3. The van der Waals surface area contributed by atoms with Crippen molar-refractivity contribution in [3.05, 3.63) is 52.7 Å². The van der Waals surface area contributed by atoms with Crippen molar-refractivity contribution in [2.75, 3.05) is 18.1 Å². The number of aromatic nitrogens is 1. The average Bonchev–Trinajstić information content (AvgIpc) is 2.60. The second kappa shape index (κ2) is 6.93. The Morgan fingerprint density at radius 1 is 1.20 bits per heavy atom. The van der Waals surface area contributed by atoms with Crippen LogP contribution in [0.15, 0.2) is 30.3 Å². The van der Waals surface area contributed by atoms with Crippen LogP contribution in [-0.2, 0) is 11.2 Å². The molecule has 2 aromatic rings. The van der Waals surface area contributed by atoms with Crippen LogP contribution in [0.5, 0.6) is 5.75 Å². The molecule has 0 radical (unpaired) electrons. The summed E-state index contributed by atoms with van der Waals surface area (Å²) >= 11 is 0. The lowest BCUT2D eigenvalue weighted by atomic mass is 10.0. The summed E-state index contributed by atoms with van der Waals surface area (Å²) in [6, 6.07) is 9.26.